The molecule has 1 unspecified atom stereocenters. The van der Waals surface area contributed by atoms with E-state index in [1.807, 2.05) is 20.8 Å². The first-order valence-corrected chi connectivity index (χ1v) is 8.21. The van der Waals surface area contributed by atoms with Crippen molar-refractivity contribution in [2.75, 3.05) is 12.3 Å². The van der Waals surface area contributed by atoms with Crippen LogP contribution in [0, 0.1) is 0 Å². The van der Waals surface area contributed by atoms with Gasteiger partial charge < -0.3 is 5.32 Å². The van der Waals surface area contributed by atoms with E-state index in [4.69, 9.17) is 0 Å². The monoisotopic (exact) mass is 323 g/mol. The summed E-state index contributed by atoms with van der Waals surface area (Å²) in [5.41, 5.74) is 0. The van der Waals surface area contributed by atoms with Crippen molar-refractivity contribution >= 4 is 38.1 Å². The molecule has 1 N–H and O–H groups in total. The molecule has 1 atom stereocenters. The summed E-state index contributed by atoms with van der Waals surface area (Å²) in [5, 5.41) is 5.39. The fraction of sp³-hybridized carbons (Fsp3) is 0.636. The molecule has 0 aliphatic carbocycles. The number of nitrogens with one attached hydrogen (secondary N) is 1. The first kappa shape index (κ1) is 14.4. The Labute approximate surface area is 112 Å². The zero-order valence-electron chi connectivity index (χ0n) is 9.88. The van der Waals surface area contributed by atoms with Gasteiger partial charge in [-0.15, -0.1) is 11.3 Å². The molecular weight excluding hydrogens is 306 g/mol. The van der Waals surface area contributed by atoms with Crippen LogP contribution in [-0.2, 0) is 17.3 Å². The van der Waals surface area contributed by atoms with Crippen LogP contribution in [0.3, 0.4) is 0 Å². The van der Waals surface area contributed by atoms with E-state index >= 15 is 0 Å². The number of thiophene rings is 1. The first-order valence-electron chi connectivity index (χ1n) is 5.21. The summed E-state index contributed by atoms with van der Waals surface area (Å²) in [7, 11) is -0.758. The van der Waals surface area contributed by atoms with Crippen molar-refractivity contribution in [3.8, 4) is 0 Å². The van der Waals surface area contributed by atoms with Gasteiger partial charge in [-0.2, -0.15) is 0 Å². The molecule has 5 heteroatoms. The Kier molecular flexibility index (Phi) is 5.64. The second-order valence-electron chi connectivity index (χ2n) is 4.57. The normalized spacial score (nSPS) is 14.0. The van der Waals surface area contributed by atoms with Gasteiger partial charge in [0, 0.05) is 49.1 Å². The number of halogens is 1. The quantitative estimate of drug-likeness (QED) is 0.843. The lowest BCUT2D eigenvalue weighted by molar-refractivity contribution is 0.641. The predicted molar refractivity (Wildman–Crippen MR) is 76.5 cm³/mol. The molecule has 0 amide bonds. The van der Waals surface area contributed by atoms with Crippen LogP contribution in [0.25, 0.3) is 0 Å². The highest BCUT2D eigenvalue weighted by Crippen LogP contribution is 2.19. The van der Waals surface area contributed by atoms with Gasteiger partial charge in [0.2, 0.25) is 0 Å². The smallest absolute Gasteiger partial charge is 0.0375 e. The van der Waals surface area contributed by atoms with Gasteiger partial charge in [-0.1, -0.05) is 0 Å². The van der Waals surface area contributed by atoms with Crippen molar-refractivity contribution < 1.29 is 4.21 Å². The fourth-order valence-electron chi connectivity index (χ4n) is 1.13. The molecule has 0 radical (unpaired) electrons. The molecule has 0 spiro atoms. The Bertz CT molecular complexity index is 357. The van der Waals surface area contributed by atoms with E-state index in [2.05, 4.69) is 32.7 Å². The van der Waals surface area contributed by atoms with Crippen LogP contribution >= 0.6 is 27.3 Å². The summed E-state index contributed by atoms with van der Waals surface area (Å²) in [6, 6.07) is 2.11. The fourth-order valence-corrected chi connectivity index (χ4v) is 3.49. The Morgan fingerprint density at radius 2 is 2.19 bits per heavy atom. The molecule has 0 saturated heterocycles. The molecule has 0 aromatic carbocycles. The van der Waals surface area contributed by atoms with Crippen molar-refractivity contribution in [2.24, 2.45) is 0 Å². The second-order valence-corrected chi connectivity index (χ2v) is 8.81. The lowest BCUT2D eigenvalue weighted by Gasteiger charge is -2.17. The molecule has 1 rings (SSSR count). The summed E-state index contributed by atoms with van der Waals surface area (Å²) in [4.78, 5) is 1.30. The number of rotatable bonds is 5. The minimum Gasteiger partial charge on any atom is -0.311 e. The molecule has 0 fully saturated rings. The van der Waals surface area contributed by atoms with Crippen molar-refractivity contribution in [3.05, 3.63) is 20.8 Å². The van der Waals surface area contributed by atoms with Gasteiger partial charge in [0.1, 0.15) is 0 Å². The summed E-state index contributed by atoms with van der Waals surface area (Å²) in [6.45, 7) is 7.70. The molecule has 0 bridgehead atoms. The highest BCUT2D eigenvalue weighted by atomic mass is 79.9. The topological polar surface area (TPSA) is 29.1 Å². The minimum atomic E-state index is -0.758. The lowest BCUT2D eigenvalue weighted by atomic mass is 10.3. The predicted octanol–water partition coefficient (Wildman–Crippen LogP) is 3.15. The van der Waals surface area contributed by atoms with Crippen LogP contribution < -0.4 is 5.32 Å². The van der Waals surface area contributed by atoms with Gasteiger partial charge in [-0.3, -0.25) is 4.21 Å². The molecular formula is C11H18BrNOS2. The summed E-state index contributed by atoms with van der Waals surface area (Å²) in [6.07, 6.45) is 0. The van der Waals surface area contributed by atoms with Crippen LogP contribution in [0.1, 0.15) is 25.6 Å². The summed E-state index contributed by atoms with van der Waals surface area (Å²) < 4.78 is 12.8. The van der Waals surface area contributed by atoms with Gasteiger partial charge in [0.05, 0.1) is 0 Å². The molecule has 16 heavy (non-hydrogen) atoms. The third kappa shape index (κ3) is 5.08. The van der Waals surface area contributed by atoms with Crippen LogP contribution in [0.5, 0.6) is 0 Å². The van der Waals surface area contributed by atoms with E-state index in [-0.39, 0.29) is 4.75 Å². The van der Waals surface area contributed by atoms with E-state index in [9.17, 15) is 4.21 Å². The van der Waals surface area contributed by atoms with Crippen LogP contribution in [0.15, 0.2) is 15.9 Å². The van der Waals surface area contributed by atoms with Crippen molar-refractivity contribution in [2.45, 2.75) is 32.1 Å². The van der Waals surface area contributed by atoms with Gasteiger partial charge in [0.25, 0.3) is 0 Å². The first-order chi connectivity index (χ1) is 7.39. The van der Waals surface area contributed by atoms with Crippen molar-refractivity contribution in [3.63, 3.8) is 0 Å². The van der Waals surface area contributed by atoms with Crippen LogP contribution in [0.4, 0.5) is 0 Å². The zero-order valence-corrected chi connectivity index (χ0v) is 13.1. The Morgan fingerprint density at radius 1 is 1.50 bits per heavy atom. The van der Waals surface area contributed by atoms with Gasteiger partial charge in [0.15, 0.2) is 0 Å². The highest BCUT2D eigenvalue weighted by Gasteiger charge is 2.18. The largest absolute Gasteiger partial charge is 0.311 e. The van der Waals surface area contributed by atoms with E-state index in [0.717, 1.165) is 23.3 Å². The highest BCUT2D eigenvalue weighted by molar-refractivity contribution is 9.10. The second kappa shape index (κ2) is 6.28. The Balaban J connectivity index is 2.20. The zero-order chi connectivity index (χ0) is 12.2. The summed E-state index contributed by atoms with van der Waals surface area (Å²) in [5.74, 6) is 0.718. The molecule has 0 saturated carbocycles. The maximum Gasteiger partial charge on any atom is 0.0375 e. The molecule has 1 heterocycles. The number of hydrogen-bond acceptors (Lipinski definition) is 3. The molecule has 0 aliphatic rings. The van der Waals surface area contributed by atoms with Gasteiger partial charge >= 0.3 is 0 Å². The molecule has 92 valence electrons. The average Bonchev–Trinajstić information content (AvgIpc) is 2.57. The lowest BCUT2D eigenvalue weighted by Crippen LogP contribution is -2.29. The summed E-state index contributed by atoms with van der Waals surface area (Å²) >= 11 is 5.15. The van der Waals surface area contributed by atoms with Crippen molar-refractivity contribution in [1.29, 1.82) is 0 Å². The average molecular weight is 324 g/mol. The minimum absolute atomic E-state index is 0.104. The molecule has 2 nitrogen and oxygen atoms in total. The van der Waals surface area contributed by atoms with Crippen molar-refractivity contribution in [1.82, 2.24) is 5.32 Å². The Morgan fingerprint density at radius 3 is 2.69 bits per heavy atom. The standard InChI is InChI=1S/C11H18BrNOS2/c1-11(2,3)16(14)5-4-13-7-10-6-9(12)8-15-10/h6,8,13H,4-5,7H2,1-3H3. The van der Waals surface area contributed by atoms with E-state index in [0.29, 0.717) is 0 Å². The maximum absolute atomic E-state index is 11.7. The molecule has 0 aliphatic heterocycles. The van der Waals surface area contributed by atoms with Crippen LogP contribution in [-0.4, -0.2) is 21.3 Å². The van der Waals surface area contributed by atoms with E-state index in [1.54, 1.807) is 11.3 Å². The van der Waals surface area contributed by atoms with Crippen LogP contribution in [0.2, 0.25) is 0 Å². The SMILES string of the molecule is CC(C)(C)S(=O)CCNCc1cc(Br)cs1. The third-order valence-corrected chi connectivity index (χ3v) is 5.71. The third-order valence-electron chi connectivity index (χ3n) is 2.07. The van der Waals surface area contributed by atoms with E-state index in [1.165, 1.54) is 4.88 Å². The Hall–Kier alpha value is 0.290. The maximum atomic E-state index is 11.7. The van der Waals surface area contributed by atoms with Gasteiger partial charge in [-0.05, 0) is 42.8 Å². The molecule has 1 aromatic rings. The van der Waals surface area contributed by atoms with E-state index < -0.39 is 10.8 Å². The number of hydrogen-bond donors (Lipinski definition) is 1. The molecule has 1 aromatic heterocycles. The van der Waals surface area contributed by atoms with Gasteiger partial charge in [-0.25, -0.2) is 0 Å².